The maximum Gasteiger partial charge on any atom is 0.270 e. The summed E-state index contributed by atoms with van der Waals surface area (Å²) in [4.78, 5) is 18.5. The SMILES string of the molecule is CC(C)(C)[S@@](=O)N1Cc2cc(C(=O)NCc3ccc4c(c3)OCO4)nc(-c3cccc(C#CCC4CCCC4)c3)c2[C@H]1CCO. The molecule has 1 aromatic heterocycles. The number of hydrogen-bond donors (Lipinski definition) is 2. The lowest BCUT2D eigenvalue weighted by molar-refractivity contribution is 0.0945. The molecule has 0 saturated heterocycles. The van der Waals surface area contributed by atoms with E-state index in [4.69, 9.17) is 14.5 Å². The summed E-state index contributed by atoms with van der Waals surface area (Å²) in [6.45, 7) is 6.66. The van der Waals surface area contributed by atoms with Crippen molar-refractivity contribution in [1.82, 2.24) is 14.6 Å². The Morgan fingerprint density at radius 3 is 2.69 bits per heavy atom. The Morgan fingerprint density at radius 1 is 1.11 bits per heavy atom. The van der Waals surface area contributed by atoms with Crippen LogP contribution in [-0.4, -0.2) is 42.7 Å². The smallest absolute Gasteiger partial charge is 0.270 e. The van der Waals surface area contributed by atoms with Crippen LogP contribution in [0.25, 0.3) is 11.3 Å². The summed E-state index contributed by atoms with van der Waals surface area (Å²) in [6, 6.07) is 15.1. The van der Waals surface area contributed by atoms with E-state index in [9.17, 15) is 14.1 Å². The first kappa shape index (κ1) is 31.3. The Kier molecular flexibility index (Phi) is 9.27. The van der Waals surface area contributed by atoms with Crippen molar-refractivity contribution in [3.63, 3.8) is 0 Å². The summed E-state index contributed by atoms with van der Waals surface area (Å²) >= 11 is 0. The van der Waals surface area contributed by atoms with Gasteiger partial charge in [0.25, 0.3) is 5.91 Å². The molecule has 8 nitrogen and oxygen atoms in total. The van der Waals surface area contributed by atoms with E-state index in [2.05, 4.69) is 17.2 Å². The third-order valence-corrected chi connectivity index (χ3v) is 10.5. The largest absolute Gasteiger partial charge is 0.454 e. The summed E-state index contributed by atoms with van der Waals surface area (Å²) in [7, 11) is -1.34. The van der Waals surface area contributed by atoms with Crippen LogP contribution in [-0.2, 0) is 24.1 Å². The molecular weight excluding hydrogens is 586 g/mol. The van der Waals surface area contributed by atoms with E-state index < -0.39 is 15.7 Å². The average Bonchev–Trinajstić information content (AvgIpc) is 3.79. The summed E-state index contributed by atoms with van der Waals surface area (Å²) < 4.78 is 26.1. The molecule has 2 N–H and O–H groups in total. The first-order valence-corrected chi connectivity index (χ1v) is 16.9. The Balaban J connectivity index is 1.34. The van der Waals surface area contributed by atoms with Crippen LogP contribution in [0.2, 0.25) is 0 Å². The minimum Gasteiger partial charge on any atom is -0.454 e. The van der Waals surface area contributed by atoms with Crippen molar-refractivity contribution in [3.8, 4) is 34.6 Å². The zero-order valence-electron chi connectivity index (χ0n) is 26.2. The molecule has 0 unspecified atom stereocenters. The number of nitrogens with one attached hydrogen (secondary N) is 1. The standard InChI is InChI=1S/C36H41N3O5S/c1-36(2,3)45(42)39-22-28-20-29(35(41)37-21-26-14-15-31-32(19-26)44-23-43-31)38-34(33(28)30(39)16-17-40)27-13-7-12-25(18-27)11-6-10-24-8-4-5-9-24/h7,12-15,18-20,24,30,40H,4-5,8-10,16-17,21-23H2,1-3H3,(H,37,41)/t30-,45-/m1/s1. The Labute approximate surface area is 268 Å². The maximum atomic E-state index is 13.7. The molecule has 2 aromatic carbocycles. The van der Waals surface area contributed by atoms with E-state index in [-0.39, 0.29) is 31.0 Å². The highest BCUT2D eigenvalue weighted by Gasteiger charge is 2.40. The maximum absolute atomic E-state index is 13.7. The highest BCUT2D eigenvalue weighted by molar-refractivity contribution is 7.84. The van der Waals surface area contributed by atoms with Crippen molar-refractivity contribution in [1.29, 1.82) is 0 Å². The summed E-state index contributed by atoms with van der Waals surface area (Å²) in [5.74, 6) is 8.47. The van der Waals surface area contributed by atoms with Gasteiger partial charge in [-0.3, -0.25) is 4.79 Å². The number of benzene rings is 2. The van der Waals surface area contributed by atoms with Gasteiger partial charge >= 0.3 is 0 Å². The van der Waals surface area contributed by atoms with E-state index in [1.165, 1.54) is 25.7 Å². The van der Waals surface area contributed by atoms with Gasteiger partial charge in [0.2, 0.25) is 6.79 Å². The van der Waals surface area contributed by atoms with Crippen molar-refractivity contribution >= 4 is 16.9 Å². The topological polar surface area (TPSA) is 101 Å². The molecule has 1 amide bonds. The Morgan fingerprint density at radius 2 is 1.91 bits per heavy atom. The van der Waals surface area contributed by atoms with Gasteiger partial charge in [-0.05, 0) is 87.4 Å². The van der Waals surface area contributed by atoms with Crippen LogP contribution in [0, 0.1) is 17.8 Å². The van der Waals surface area contributed by atoms with E-state index in [0.717, 1.165) is 34.2 Å². The molecule has 3 heterocycles. The van der Waals surface area contributed by atoms with Crippen LogP contribution in [0.4, 0.5) is 0 Å². The monoisotopic (exact) mass is 627 g/mol. The van der Waals surface area contributed by atoms with Gasteiger partial charge in [-0.1, -0.05) is 42.9 Å². The van der Waals surface area contributed by atoms with Gasteiger partial charge in [-0.2, -0.15) is 0 Å². The molecule has 236 valence electrons. The van der Waals surface area contributed by atoms with Gasteiger partial charge in [0.15, 0.2) is 11.5 Å². The zero-order valence-corrected chi connectivity index (χ0v) is 27.0. The van der Waals surface area contributed by atoms with E-state index in [1.54, 1.807) is 0 Å². The fourth-order valence-electron chi connectivity index (χ4n) is 6.39. The number of amides is 1. The van der Waals surface area contributed by atoms with Crippen molar-refractivity contribution in [3.05, 3.63) is 76.5 Å². The van der Waals surface area contributed by atoms with Gasteiger partial charge in [0.05, 0.1) is 16.5 Å². The number of aromatic nitrogens is 1. The minimum absolute atomic E-state index is 0.0636. The number of pyridine rings is 1. The number of carbonyl (C=O) groups excluding carboxylic acids is 1. The highest BCUT2D eigenvalue weighted by Crippen LogP contribution is 2.44. The molecule has 2 atom stereocenters. The second-order valence-electron chi connectivity index (χ2n) is 13.0. The van der Waals surface area contributed by atoms with Gasteiger partial charge in [-0.15, -0.1) is 0 Å². The minimum atomic E-state index is -1.34. The lowest BCUT2D eigenvalue weighted by atomic mass is 9.95. The predicted molar refractivity (Wildman–Crippen MR) is 175 cm³/mol. The number of aliphatic hydroxyl groups is 1. The summed E-state index contributed by atoms with van der Waals surface area (Å²) in [5.41, 5.74) is 5.36. The molecule has 0 spiro atoms. The molecule has 1 aliphatic carbocycles. The van der Waals surface area contributed by atoms with Crippen LogP contribution in [0.15, 0.2) is 48.5 Å². The van der Waals surface area contributed by atoms with Crippen LogP contribution in [0.5, 0.6) is 11.5 Å². The number of carbonyl (C=O) groups is 1. The normalized spacial score (nSPS) is 18.4. The van der Waals surface area contributed by atoms with Gasteiger partial charge in [-0.25, -0.2) is 13.5 Å². The van der Waals surface area contributed by atoms with Gasteiger partial charge < -0.3 is 19.9 Å². The first-order chi connectivity index (χ1) is 21.7. The molecule has 3 aliphatic rings. The van der Waals surface area contributed by atoms with Gasteiger partial charge in [0.1, 0.15) is 16.7 Å². The zero-order chi connectivity index (χ0) is 31.6. The molecule has 1 saturated carbocycles. The third-order valence-electron chi connectivity index (χ3n) is 8.65. The predicted octanol–water partition coefficient (Wildman–Crippen LogP) is 6.04. The molecule has 9 heteroatoms. The molecule has 0 radical (unpaired) electrons. The van der Waals surface area contributed by atoms with Crippen LogP contribution in [0.3, 0.4) is 0 Å². The fourth-order valence-corrected chi connectivity index (χ4v) is 7.79. The lowest BCUT2D eigenvalue weighted by Gasteiger charge is -2.30. The lowest BCUT2D eigenvalue weighted by Crippen LogP contribution is -2.36. The Bertz CT molecular complexity index is 1670. The fraction of sp³-hybridized carbons (Fsp3) is 0.444. The van der Waals surface area contributed by atoms with Crippen molar-refractivity contribution in [2.75, 3.05) is 13.4 Å². The highest BCUT2D eigenvalue weighted by atomic mass is 32.2. The second kappa shape index (κ2) is 13.3. The number of ether oxygens (including phenoxy) is 2. The van der Waals surface area contributed by atoms with Gasteiger partial charge in [0, 0.05) is 42.8 Å². The quantitative estimate of drug-likeness (QED) is 0.296. The summed E-state index contributed by atoms with van der Waals surface area (Å²) in [5, 5.41) is 13.1. The van der Waals surface area contributed by atoms with Crippen LogP contribution >= 0.6 is 0 Å². The molecule has 3 aromatic rings. The first-order valence-electron chi connectivity index (χ1n) is 15.8. The van der Waals surface area contributed by atoms with Crippen molar-refractivity contribution in [2.24, 2.45) is 5.92 Å². The van der Waals surface area contributed by atoms with Crippen molar-refractivity contribution < 1.29 is 23.6 Å². The molecule has 0 bridgehead atoms. The second-order valence-corrected chi connectivity index (χ2v) is 15.2. The van der Waals surface area contributed by atoms with Crippen LogP contribution < -0.4 is 14.8 Å². The number of fused-ring (bicyclic) bond motifs is 2. The van der Waals surface area contributed by atoms with E-state index in [0.29, 0.717) is 42.6 Å². The Hall–Kier alpha value is -3.71. The number of nitrogens with zero attached hydrogens (tertiary/aromatic N) is 2. The van der Waals surface area contributed by atoms with E-state index in [1.807, 2.05) is 73.6 Å². The number of aliphatic hydroxyl groups excluding tert-OH is 1. The molecule has 1 fully saturated rings. The van der Waals surface area contributed by atoms with E-state index >= 15 is 0 Å². The van der Waals surface area contributed by atoms with Crippen LogP contribution in [0.1, 0.15) is 98.1 Å². The molecule has 45 heavy (non-hydrogen) atoms. The molecule has 2 aliphatic heterocycles. The average molecular weight is 628 g/mol. The molecule has 6 rings (SSSR count). The molecular formula is C36H41N3O5S. The van der Waals surface area contributed by atoms with Crippen molar-refractivity contribution in [2.45, 2.75) is 83.2 Å². The summed E-state index contributed by atoms with van der Waals surface area (Å²) in [6.07, 6.45) is 6.42. The number of rotatable bonds is 8. The third kappa shape index (κ3) is 6.94. The number of hydrogen-bond acceptors (Lipinski definition) is 6.